The van der Waals surface area contributed by atoms with Gasteiger partial charge in [-0.2, -0.15) is 21.6 Å². The molecule has 0 fully saturated rings. The van der Waals surface area contributed by atoms with E-state index < -0.39 is 27.6 Å². The molecule has 1 aliphatic rings. The van der Waals surface area contributed by atoms with Crippen molar-refractivity contribution >= 4 is 22.3 Å². The minimum Gasteiger partial charge on any atom is -0.465 e. The van der Waals surface area contributed by atoms with E-state index in [4.69, 9.17) is 0 Å². The number of methoxy groups -OCH3 is 1. The molecule has 1 aromatic carbocycles. The quantitative estimate of drug-likeness (QED) is 0.467. The van der Waals surface area contributed by atoms with Crippen molar-refractivity contribution in [2.45, 2.75) is 18.0 Å². The molecule has 0 aromatic heterocycles. The van der Waals surface area contributed by atoms with Crippen LogP contribution in [0.3, 0.4) is 0 Å². The van der Waals surface area contributed by atoms with Crippen molar-refractivity contribution in [1.82, 2.24) is 0 Å². The van der Waals surface area contributed by atoms with E-state index in [0.29, 0.717) is 11.1 Å². The molecular formula is C14H12F3NO5S. The van der Waals surface area contributed by atoms with E-state index >= 15 is 0 Å². The fraction of sp³-hybridized carbons (Fsp3) is 0.286. The summed E-state index contributed by atoms with van der Waals surface area (Å²) in [6.45, 7) is 0. The Morgan fingerprint density at radius 2 is 1.88 bits per heavy atom. The predicted octanol–water partition coefficient (Wildman–Crippen LogP) is 2.74. The molecule has 0 bridgehead atoms. The number of carbonyl (C=O) groups excluding carboxylic acids is 1. The fourth-order valence-corrected chi connectivity index (χ4v) is 2.41. The van der Waals surface area contributed by atoms with Crippen molar-refractivity contribution in [1.29, 1.82) is 0 Å². The summed E-state index contributed by atoms with van der Waals surface area (Å²) in [6, 6.07) is 5.28. The maximum Gasteiger partial charge on any atom is 0.534 e. The van der Waals surface area contributed by atoms with Gasteiger partial charge in [0.2, 0.25) is 0 Å². The summed E-state index contributed by atoms with van der Waals surface area (Å²) in [5, 5.41) is 0. The molecule has 0 unspecified atom stereocenters. The first kappa shape index (κ1) is 18.0. The van der Waals surface area contributed by atoms with Crippen LogP contribution in [0.2, 0.25) is 0 Å². The summed E-state index contributed by atoms with van der Waals surface area (Å²) < 4.78 is 67.8. The highest BCUT2D eigenvalue weighted by atomic mass is 32.2. The molecule has 1 atom stereocenters. The van der Waals surface area contributed by atoms with Crippen LogP contribution in [0.15, 0.2) is 41.1 Å². The largest absolute Gasteiger partial charge is 0.534 e. The number of hydrogen-bond donors (Lipinski definition) is 0. The molecule has 2 rings (SSSR count). The zero-order valence-corrected chi connectivity index (χ0v) is 13.1. The first-order valence-corrected chi connectivity index (χ1v) is 7.96. The first-order valence-electron chi connectivity index (χ1n) is 6.55. The fourth-order valence-electron chi connectivity index (χ4n) is 1.91. The predicted molar refractivity (Wildman–Crippen MR) is 77.8 cm³/mol. The molecule has 0 spiro atoms. The van der Waals surface area contributed by atoms with Crippen molar-refractivity contribution in [3.8, 4) is 0 Å². The average Bonchev–Trinajstić information content (AvgIpc) is 2.53. The summed E-state index contributed by atoms with van der Waals surface area (Å²) in [7, 11) is -4.48. The Morgan fingerprint density at radius 3 is 2.42 bits per heavy atom. The molecule has 0 amide bonds. The Labute approximate surface area is 135 Å². The standard InChI is InChI=1S/C14H12F3NO5S/c1-22-13(19)10-4-2-9(3-5-10)12-8-11(6-7-18-12)23-24(20,21)14(15,16)17/h2-5,7-8,12H,6H2,1H3/t12-/m0/s1. The number of nitrogens with zero attached hydrogens (tertiary/aromatic N) is 1. The van der Waals surface area contributed by atoms with Crippen LogP contribution in [0, 0.1) is 0 Å². The number of dihydropyridines is 1. The highest BCUT2D eigenvalue weighted by molar-refractivity contribution is 7.87. The molecule has 1 heterocycles. The molecular weight excluding hydrogens is 351 g/mol. The van der Waals surface area contributed by atoms with Crippen molar-refractivity contribution in [3.05, 3.63) is 47.2 Å². The van der Waals surface area contributed by atoms with Gasteiger partial charge < -0.3 is 8.92 Å². The van der Waals surface area contributed by atoms with Crippen LogP contribution in [0.4, 0.5) is 13.2 Å². The van der Waals surface area contributed by atoms with Crippen LogP contribution in [0.5, 0.6) is 0 Å². The lowest BCUT2D eigenvalue weighted by atomic mass is 10.0. The number of rotatable bonds is 4. The maximum atomic E-state index is 12.3. The molecule has 130 valence electrons. The van der Waals surface area contributed by atoms with Gasteiger partial charge in [0.25, 0.3) is 0 Å². The van der Waals surface area contributed by atoms with E-state index in [2.05, 4.69) is 13.9 Å². The second-order valence-corrected chi connectivity index (χ2v) is 6.25. The molecule has 0 saturated heterocycles. The Morgan fingerprint density at radius 1 is 1.25 bits per heavy atom. The maximum absolute atomic E-state index is 12.3. The lowest BCUT2D eigenvalue weighted by molar-refractivity contribution is -0.0522. The van der Waals surface area contributed by atoms with E-state index in [1.165, 1.54) is 43.7 Å². The van der Waals surface area contributed by atoms with Gasteiger partial charge in [0.1, 0.15) is 5.76 Å². The molecule has 6 nitrogen and oxygen atoms in total. The lowest BCUT2D eigenvalue weighted by Gasteiger charge is -2.17. The van der Waals surface area contributed by atoms with Crippen LogP contribution in [0.1, 0.15) is 28.4 Å². The number of esters is 1. The second kappa shape index (κ2) is 6.63. The normalized spacial score (nSPS) is 18.0. The van der Waals surface area contributed by atoms with Gasteiger partial charge in [-0.05, 0) is 23.8 Å². The van der Waals surface area contributed by atoms with E-state index in [0.717, 1.165) is 0 Å². The van der Waals surface area contributed by atoms with Gasteiger partial charge in [-0.15, -0.1) is 0 Å². The number of allylic oxidation sites excluding steroid dienone is 1. The highest BCUT2D eigenvalue weighted by Gasteiger charge is 2.48. The van der Waals surface area contributed by atoms with Gasteiger partial charge in [0.15, 0.2) is 0 Å². The number of carbonyl (C=O) groups is 1. The van der Waals surface area contributed by atoms with Gasteiger partial charge in [-0.3, -0.25) is 4.99 Å². The minimum absolute atomic E-state index is 0.175. The zero-order chi connectivity index (χ0) is 18.0. The number of aliphatic imine (C=N–C) groups is 1. The molecule has 0 saturated carbocycles. The van der Waals surface area contributed by atoms with Crippen LogP contribution in [-0.2, 0) is 19.0 Å². The Balaban J connectivity index is 2.20. The van der Waals surface area contributed by atoms with E-state index in [-0.39, 0.29) is 12.2 Å². The van der Waals surface area contributed by atoms with Gasteiger partial charge >= 0.3 is 21.6 Å². The molecule has 0 radical (unpaired) electrons. The van der Waals surface area contributed by atoms with Crippen molar-refractivity contribution in [2.24, 2.45) is 4.99 Å². The summed E-state index contributed by atoms with van der Waals surface area (Å²) in [4.78, 5) is 15.4. The lowest BCUT2D eigenvalue weighted by Crippen LogP contribution is -2.25. The van der Waals surface area contributed by atoms with Crippen molar-refractivity contribution in [3.63, 3.8) is 0 Å². The van der Waals surface area contributed by atoms with Crippen molar-refractivity contribution in [2.75, 3.05) is 7.11 Å². The number of hydrogen-bond acceptors (Lipinski definition) is 6. The summed E-state index contributed by atoms with van der Waals surface area (Å²) in [5.74, 6) is -0.908. The minimum atomic E-state index is -5.72. The van der Waals surface area contributed by atoms with E-state index in [1.54, 1.807) is 0 Å². The second-order valence-electron chi connectivity index (χ2n) is 4.71. The van der Waals surface area contributed by atoms with Crippen LogP contribution in [0.25, 0.3) is 0 Å². The summed E-state index contributed by atoms with van der Waals surface area (Å²) in [5.41, 5.74) is -4.66. The van der Waals surface area contributed by atoms with Crippen LogP contribution < -0.4 is 0 Å². The monoisotopic (exact) mass is 363 g/mol. The third kappa shape index (κ3) is 3.94. The topological polar surface area (TPSA) is 82.0 Å². The number of halogens is 3. The van der Waals surface area contributed by atoms with E-state index in [1.807, 2.05) is 0 Å². The Hall–Kier alpha value is -2.36. The first-order chi connectivity index (χ1) is 11.1. The molecule has 1 aliphatic heterocycles. The van der Waals surface area contributed by atoms with Crippen molar-refractivity contribution < 1.29 is 35.3 Å². The highest BCUT2D eigenvalue weighted by Crippen LogP contribution is 2.31. The Bertz CT molecular complexity index is 782. The molecule has 24 heavy (non-hydrogen) atoms. The third-order valence-electron chi connectivity index (χ3n) is 3.08. The zero-order valence-electron chi connectivity index (χ0n) is 12.3. The average molecular weight is 363 g/mol. The van der Waals surface area contributed by atoms with Gasteiger partial charge in [0, 0.05) is 12.6 Å². The number of benzene rings is 1. The van der Waals surface area contributed by atoms with Gasteiger partial charge in [-0.25, -0.2) is 4.79 Å². The number of ether oxygens (including phenoxy) is 1. The van der Waals surface area contributed by atoms with Crippen LogP contribution >= 0.6 is 0 Å². The molecule has 10 heteroatoms. The summed E-state index contributed by atoms with van der Waals surface area (Å²) >= 11 is 0. The molecule has 0 aliphatic carbocycles. The smallest absolute Gasteiger partial charge is 0.465 e. The SMILES string of the molecule is COC(=O)c1ccc([C@@H]2C=C(OS(=O)(=O)C(F)(F)F)CC=N2)cc1. The number of alkyl halides is 3. The third-order valence-corrected chi connectivity index (χ3v) is 4.08. The van der Waals surface area contributed by atoms with Gasteiger partial charge in [-0.1, -0.05) is 12.1 Å². The summed E-state index contributed by atoms with van der Waals surface area (Å²) in [6.07, 6.45) is 2.27. The van der Waals surface area contributed by atoms with Gasteiger partial charge in [0.05, 0.1) is 18.7 Å². The van der Waals surface area contributed by atoms with E-state index in [9.17, 15) is 26.4 Å². The molecule has 1 aromatic rings. The van der Waals surface area contributed by atoms with Crippen LogP contribution in [-0.4, -0.2) is 33.2 Å². The Kier molecular flexibility index (Phi) is 4.97. The molecule has 0 N–H and O–H groups in total.